The third-order valence-electron chi connectivity index (χ3n) is 6.28. The van der Waals surface area contributed by atoms with Gasteiger partial charge in [0.15, 0.2) is 0 Å². The fraction of sp³-hybridized carbons (Fsp3) is 0.500. The average Bonchev–Trinajstić information content (AvgIpc) is 3.37. The monoisotopic (exact) mass is 452 g/mol. The van der Waals surface area contributed by atoms with E-state index >= 15 is 0 Å². The molecule has 0 bridgehead atoms. The Morgan fingerprint density at radius 1 is 0.939 bits per heavy atom. The number of hydrogen-bond donors (Lipinski definition) is 1. The van der Waals surface area contributed by atoms with Crippen LogP contribution in [0.1, 0.15) is 36.0 Å². The summed E-state index contributed by atoms with van der Waals surface area (Å²) in [5.74, 6) is 0.0396. The zero-order valence-electron chi connectivity index (χ0n) is 19.0. The third-order valence-corrected chi connectivity index (χ3v) is 6.28. The molecular formula is C24H32N6O3. The van der Waals surface area contributed by atoms with E-state index in [0.717, 1.165) is 25.9 Å². The molecule has 9 nitrogen and oxygen atoms in total. The van der Waals surface area contributed by atoms with Crippen LogP contribution >= 0.6 is 0 Å². The van der Waals surface area contributed by atoms with Crippen molar-refractivity contribution in [1.82, 2.24) is 24.3 Å². The highest BCUT2D eigenvalue weighted by atomic mass is 16.2. The molecule has 2 saturated heterocycles. The molecule has 1 aromatic carbocycles. The number of hydrogen-bond acceptors (Lipinski definition) is 5. The van der Waals surface area contributed by atoms with E-state index in [4.69, 9.17) is 0 Å². The Labute approximate surface area is 194 Å². The van der Waals surface area contributed by atoms with E-state index in [1.54, 1.807) is 36.8 Å². The van der Waals surface area contributed by atoms with Crippen LogP contribution < -0.4 is 5.32 Å². The summed E-state index contributed by atoms with van der Waals surface area (Å²) in [6.45, 7) is 5.28. The number of rotatable bonds is 7. The first-order valence-electron chi connectivity index (χ1n) is 11.7. The number of piperazine rings is 1. The first-order chi connectivity index (χ1) is 16.1. The lowest BCUT2D eigenvalue weighted by atomic mass is 10.1. The maximum Gasteiger partial charge on any atom is 0.254 e. The SMILES string of the molecule is O=C(CCn1ccnc1)Nc1cccc(C(=O)N2CCN(CC(=O)N3CCCCC3)CC2)c1. The van der Waals surface area contributed by atoms with Gasteiger partial charge < -0.3 is 19.7 Å². The van der Waals surface area contributed by atoms with Crippen LogP contribution in [0.4, 0.5) is 5.69 Å². The molecule has 2 aromatic rings. The second kappa shape index (κ2) is 11.1. The van der Waals surface area contributed by atoms with Gasteiger partial charge in [-0.05, 0) is 37.5 Å². The van der Waals surface area contributed by atoms with Gasteiger partial charge in [0.2, 0.25) is 11.8 Å². The van der Waals surface area contributed by atoms with E-state index < -0.39 is 0 Å². The molecule has 1 N–H and O–H groups in total. The van der Waals surface area contributed by atoms with Gasteiger partial charge in [0, 0.05) is 75.9 Å². The van der Waals surface area contributed by atoms with Crippen molar-refractivity contribution in [2.75, 3.05) is 51.1 Å². The summed E-state index contributed by atoms with van der Waals surface area (Å²) in [6, 6.07) is 7.07. The lowest BCUT2D eigenvalue weighted by Gasteiger charge is -2.36. The maximum absolute atomic E-state index is 13.0. The van der Waals surface area contributed by atoms with Crippen molar-refractivity contribution in [2.24, 2.45) is 0 Å². The van der Waals surface area contributed by atoms with E-state index in [9.17, 15) is 14.4 Å². The molecule has 0 saturated carbocycles. The molecule has 3 amide bonds. The number of aryl methyl sites for hydroxylation is 1. The Balaban J connectivity index is 1.24. The molecule has 33 heavy (non-hydrogen) atoms. The van der Waals surface area contributed by atoms with Crippen LogP contribution in [0.25, 0.3) is 0 Å². The van der Waals surface area contributed by atoms with E-state index in [-0.39, 0.29) is 17.7 Å². The van der Waals surface area contributed by atoms with Crippen molar-refractivity contribution in [3.05, 3.63) is 48.5 Å². The van der Waals surface area contributed by atoms with Gasteiger partial charge in [-0.1, -0.05) is 6.07 Å². The molecular weight excluding hydrogens is 420 g/mol. The van der Waals surface area contributed by atoms with Gasteiger partial charge in [-0.15, -0.1) is 0 Å². The van der Waals surface area contributed by atoms with Gasteiger partial charge in [0.05, 0.1) is 12.9 Å². The Morgan fingerprint density at radius 3 is 2.45 bits per heavy atom. The fourth-order valence-electron chi connectivity index (χ4n) is 4.33. The molecule has 4 rings (SSSR count). The second-order valence-electron chi connectivity index (χ2n) is 8.69. The fourth-order valence-corrected chi connectivity index (χ4v) is 4.33. The lowest BCUT2D eigenvalue weighted by Crippen LogP contribution is -2.52. The number of imidazole rings is 1. The Bertz CT molecular complexity index is 947. The molecule has 0 atom stereocenters. The predicted molar refractivity (Wildman–Crippen MR) is 125 cm³/mol. The van der Waals surface area contributed by atoms with Gasteiger partial charge in [0.1, 0.15) is 0 Å². The molecule has 176 valence electrons. The smallest absolute Gasteiger partial charge is 0.254 e. The third kappa shape index (κ3) is 6.41. The maximum atomic E-state index is 13.0. The first-order valence-corrected chi connectivity index (χ1v) is 11.7. The molecule has 9 heteroatoms. The van der Waals surface area contributed by atoms with Gasteiger partial charge in [-0.2, -0.15) is 0 Å². The standard InChI is InChI=1S/C24H32N6O3/c31-22(7-11-28-12-8-25-19-28)26-21-6-4-5-20(17-21)24(33)30-15-13-27(14-16-30)18-23(32)29-9-2-1-3-10-29/h4-6,8,12,17,19H,1-3,7,9-11,13-16,18H2,(H,26,31). The van der Waals surface area contributed by atoms with Crippen LogP contribution in [0.15, 0.2) is 43.0 Å². The minimum atomic E-state index is -0.111. The molecule has 3 heterocycles. The normalized spacial score (nSPS) is 17.1. The highest BCUT2D eigenvalue weighted by Crippen LogP contribution is 2.15. The number of nitrogens with one attached hydrogen (secondary N) is 1. The van der Waals surface area contributed by atoms with E-state index in [1.165, 1.54) is 6.42 Å². The van der Waals surface area contributed by atoms with Crippen molar-refractivity contribution in [3.8, 4) is 0 Å². The summed E-state index contributed by atoms with van der Waals surface area (Å²) in [5, 5.41) is 2.87. The van der Waals surface area contributed by atoms with Crippen LogP contribution in [0.3, 0.4) is 0 Å². The lowest BCUT2D eigenvalue weighted by molar-refractivity contribution is -0.133. The topological polar surface area (TPSA) is 90.8 Å². The summed E-state index contributed by atoms with van der Waals surface area (Å²) < 4.78 is 1.85. The Kier molecular flexibility index (Phi) is 7.72. The number of carbonyl (C=O) groups is 3. The van der Waals surface area contributed by atoms with Crippen molar-refractivity contribution in [1.29, 1.82) is 0 Å². The molecule has 0 radical (unpaired) electrons. The van der Waals surface area contributed by atoms with E-state index in [0.29, 0.717) is 56.9 Å². The number of piperidine rings is 1. The van der Waals surface area contributed by atoms with Crippen molar-refractivity contribution >= 4 is 23.4 Å². The predicted octanol–water partition coefficient (Wildman–Crippen LogP) is 1.68. The molecule has 0 unspecified atom stereocenters. The van der Waals surface area contributed by atoms with E-state index in [2.05, 4.69) is 15.2 Å². The minimum absolute atomic E-state index is 0.0495. The van der Waals surface area contributed by atoms with Crippen LogP contribution in [0.5, 0.6) is 0 Å². The Hall–Kier alpha value is -3.20. The van der Waals surface area contributed by atoms with Crippen molar-refractivity contribution < 1.29 is 14.4 Å². The van der Waals surface area contributed by atoms with E-state index in [1.807, 2.05) is 20.6 Å². The summed E-state index contributed by atoms with van der Waals surface area (Å²) in [7, 11) is 0. The quantitative estimate of drug-likeness (QED) is 0.690. The number of anilines is 1. The largest absolute Gasteiger partial charge is 0.342 e. The second-order valence-corrected chi connectivity index (χ2v) is 8.69. The summed E-state index contributed by atoms with van der Waals surface area (Å²) in [4.78, 5) is 47.7. The highest BCUT2D eigenvalue weighted by molar-refractivity contribution is 5.97. The zero-order valence-corrected chi connectivity index (χ0v) is 19.0. The highest BCUT2D eigenvalue weighted by Gasteiger charge is 2.25. The van der Waals surface area contributed by atoms with Gasteiger partial charge in [0.25, 0.3) is 5.91 Å². The number of likely N-dealkylation sites (tertiary alicyclic amines) is 1. The van der Waals surface area contributed by atoms with Crippen LogP contribution in [-0.2, 0) is 16.1 Å². The molecule has 1 aromatic heterocycles. The van der Waals surface area contributed by atoms with Gasteiger partial charge in [-0.25, -0.2) is 4.98 Å². The van der Waals surface area contributed by atoms with Gasteiger partial charge in [-0.3, -0.25) is 19.3 Å². The minimum Gasteiger partial charge on any atom is -0.342 e. The first kappa shape index (κ1) is 23.0. The number of amides is 3. The van der Waals surface area contributed by atoms with Crippen LogP contribution in [0.2, 0.25) is 0 Å². The number of carbonyl (C=O) groups excluding carboxylic acids is 3. The molecule has 0 spiro atoms. The molecule has 2 fully saturated rings. The number of nitrogens with zero attached hydrogens (tertiary/aromatic N) is 5. The molecule has 2 aliphatic rings. The zero-order chi connectivity index (χ0) is 23.0. The van der Waals surface area contributed by atoms with Crippen molar-refractivity contribution in [2.45, 2.75) is 32.2 Å². The number of benzene rings is 1. The Morgan fingerprint density at radius 2 is 1.73 bits per heavy atom. The van der Waals surface area contributed by atoms with Crippen LogP contribution in [0, 0.1) is 0 Å². The summed E-state index contributed by atoms with van der Waals surface area (Å²) in [6.07, 6.45) is 8.90. The van der Waals surface area contributed by atoms with Gasteiger partial charge >= 0.3 is 0 Å². The summed E-state index contributed by atoms with van der Waals surface area (Å²) in [5.41, 5.74) is 1.17. The molecule has 0 aliphatic carbocycles. The average molecular weight is 453 g/mol. The van der Waals surface area contributed by atoms with Crippen LogP contribution in [-0.4, -0.2) is 87.8 Å². The number of aromatic nitrogens is 2. The molecule has 2 aliphatic heterocycles. The van der Waals surface area contributed by atoms with Crippen molar-refractivity contribution in [3.63, 3.8) is 0 Å². The summed E-state index contributed by atoms with van der Waals surface area (Å²) >= 11 is 0.